The molecular formula is C27H22O8. The molecule has 3 aromatic carbocycles. The van der Waals surface area contributed by atoms with Crippen LogP contribution in [0.4, 0.5) is 0 Å². The van der Waals surface area contributed by atoms with Gasteiger partial charge in [0.15, 0.2) is 5.43 Å². The standard InChI is InChI=1S/C27H22O8/c1-33-23(31)12-18(15-8-10-17(11-9-15)27(32)34-2)24-19(28)13-20(29)25-21(30)14-22(35-26(24)25)16-6-4-3-5-7-16/h3-11,13-14,18,28-29H,12H2,1-2H3/t18-/m0/s1. The van der Waals surface area contributed by atoms with Crippen LogP contribution < -0.4 is 5.43 Å². The molecular weight excluding hydrogens is 452 g/mol. The Bertz CT molecular complexity index is 1450. The number of phenols is 2. The van der Waals surface area contributed by atoms with Gasteiger partial charge in [0.05, 0.1) is 26.2 Å². The molecule has 0 radical (unpaired) electrons. The first-order chi connectivity index (χ1) is 16.8. The van der Waals surface area contributed by atoms with E-state index in [9.17, 15) is 24.6 Å². The molecule has 0 spiro atoms. The van der Waals surface area contributed by atoms with Gasteiger partial charge in [0.2, 0.25) is 0 Å². The molecule has 0 amide bonds. The van der Waals surface area contributed by atoms with Gasteiger partial charge in [0, 0.05) is 29.2 Å². The fourth-order valence-corrected chi connectivity index (χ4v) is 4.01. The Morgan fingerprint density at radius 1 is 0.914 bits per heavy atom. The van der Waals surface area contributed by atoms with Crippen LogP contribution in [0.3, 0.4) is 0 Å². The molecule has 0 saturated carbocycles. The van der Waals surface area contributed by atoms with Crippen molar-refractivity contribution in [2.75, 3.05) is 14.2 Å². The fraction of sp³-hybridized carbons (Fsp3) is 0.148. The highest BCUT2D eigenvalue weighted by Gasteiger charge is 2.28. The third-order valence-corrected chi connectivity index (χ3v) is 5.74. The number of esters is 2. The minimum atomic E-state index is -0.827. The van der Waals surface area contributed by atoms with Crippen LogP contribution in [0, 0.1) is 0 Å². The van der Waals surface area contributed by atoms with Gasteiger partial charge in [-0.3, -0.25) is 9.59 Å². The summed E-state index contributed by atoms with van der Waals surface area (Å²) in [4.78, 5) is 37.2. The molecule has 0 fully saturated rings. The van der Waals surface area contributed by atoms with Crippen LogP contribution in [0.5, 0.6) is 11.5 Å². The van der Waals surface area contributed by atoms with Gasteiger partial charge in [-0.2, -0.15) is 0 Å². The summed E-state index contributed by atoms with van der Waals surface area (Å²) in [6.07, 6.45) is -0.208. The van der Waals surface area contributed by atoms with E-state index in [-0.39, 0.29) is 34.5 Å². The van der Waals surface area contributed by atoms with Crippen LogP contribution in [0.15, 0.2) is 75.9 Å². The zero-order valence-corrected chi connectivity index (χ0v) is 19.0. The van der Waals surface area contributed by atoms with Crippen molar-refractivity contribution in [3.8, 4) is 22.8 Å². The molecule has 1 heterocycles. The first kappa shape index (κ1) is 23.6. The quantitative estimate of drug-likeness (QED) is 0.395. The number of phenolic OH excluding ortho intramolecular Hbond substituents is 2. The fourth-order valence-electron chi connectivity index (χ4n) is 4.01. The Hall–Kier alpha value is -4.59. The Balaban J connectivity index is 1.99. The van der Waals surface area contributed by atoms with Gasteiger partial charge in [0.1, 0.15) is 28.2 Å². The van der Waals surface area contributed by atoms with Crippen molar-refractivity contribution in [3.05, 3.63) is 93.6 Å². The number of carbonyl (C=O) groups is 2. The lowest BCUT2D eigenvalue weighted by Gasteiger charge is -2.20. The van der Waals surface area contributed by atoms with E-state index in [1.54, 1.807) is 36.4 Å². The van der Waals surface area contributed by atoms with Crippen LogP contribution in [-0.2, 0) is 14.3 Å². The van der Waals surface area contributed by atoms with E-state index in [1.165, 1.54) is 32.4 Å². The molecule has 35 heavy (non-hydrogen) atoms. The molecule has 1 atom stereocenters. The maximum absolute atomic E-state index is 13.0. The molecule has 2 N–H and O–H groups in total. The first-order valence-corrected chi connectivity index (χ1v) is 10.7. The summed E-state index contributed by atoms with van der Waals surface area (Å²) in [6.45, 7) is 0. The highest BCUT2D eigenvalue weighted by atomic mass is 16.5. The number of hydrogen-bond acceptors (Lipinski definition) is 8. The smallest absolute Gasteiger partial charge is 0.337 e. The Morgan fingerprint density at radius 2 is 1.60 bits per heavy atom. The summed E-state index contributed by atoms with van der Waals surface area (Å²) in [7, 11) is 2.51. The molecule has 178 valence electrons. The molecule has 4 aromatic rings. The second-order valence-electron chi connectivity index (χ2n) is 7.82. The summed E-state index contributed by atoms with van der Waals surface area (Å²) < 4.78 is 15.7. The van der Waals surface area contributed by atoms with E-state index < -0.39 is 29.0 Å². The molecule has 0 aliphatic rings. The van der Waals surface area contributed by atoms with Crippen LogP contribution in [0.2, 0.25) is 0 Å². The molecule has 0 aliphatic heterocycles. The average molecular weight is 474 g/mol. The molecule has 8 nitrogen and oxygen atoms in total. The van der Waals surface area contributed by atoms with Crippen molar-refractivity contribution in [3.63, 3.8) is 0 Å². The number of aromatic hydroxyl groups is 2. The van der Waals surface area contributed by atoms with Gasteiger partial charge < -0.3 is 24.1 Å². The Morgan fingerprint density at radius 3 is 2.23 bits per heavy atom. The minimum Gasteiger partial charge on any atom is -0.507 e. The third kappa shape index (κ3) is 4.59. The lowest BCUT2D eigenvalue weighted by Crippen LogP contribution is -2.12. The van der Waals surface area contributed by atoms with E-state index in [0.717, 1.165) is 6.07 Å². The highest BCUT2D eigenvalue weighted by molar-refractivity contribution is 5.91. The van der Waals surface area contributed by atoms with Crippen LogP contribution in [0.1, 0.15) is 33.8 Å². The van der Waals surface area contributed by atoms with E-state index in [4.69, 9.17) is 13.9 Å². The van der Waals surface area contributed by atoms with Crippen LogP contribution >= 0.6 is 0 Å². The molecule has 1 aromatic heterocycles. The third-order valence-electron chi connectivity index (χ3n) is 5.74. The van der Waals surface area contributed by atoms with Crippen molar-refractivity contribution < 1.29 is 33.7 Å². The predicted octanol–water partition coefficient (Wildman–Crippen LogP) is 4.35. The van der Waals surface area contributed by atoms with Crippen molar-refractivity contribution >= 4 is 22.9 Å². The van der Waals surface area contributed by atoms with Crippen LogP contribution in [0.25, 0.3) is 22.3 Å². The zero-order chi connectivity index (χ0) is 25.1. The molecule has 4 rings (SSSR count). The van der Waals surface area contributed by atoms with E-state index in [2.05, 4.69) is 0 Å². The average Bonchev–Trinajstić information content (AvgIpc) is 2.87. The van der Waals surface area contributed by atoms with Gasteiger partial charge in [0.25, 0.3) is 0 Å². The summed E-state index contributed by atoms with van der Waals surface area (Å²) in [5.74, 6) is -2.52. The number of ether oxygens (including phenoxy) is 2. The number of carbonyl (C=O) groups excluding carboxylic acids is 2. The Kier molecular flexibility index (Phi) is 6.55. The van der Waals surface area contributed by atoms with E-state index in [1.807, 2.05) is 6.07 Å². The maximum Gasteiger partial charge on any atom is 0.337 e. The molecule has 0 saturated heterocycles. The minimum absolute atomic E-state index is 0.0557. The van der Waals surface area contributed by atoms with Crippen molar-refractivity contribution in [1.29, 1.82) is 0 Å². The topological polar surface area (TPSA) is 123 Å². The summed E-state index contributed by atoms with van der Waals surface area (Å²) in [5.41, 5.74) is 1.02. The number of benzene rings is 3. The van der Waals surface area contributed by atoms with E-state index >= 15 is 0 Å². The largest absolute Gasteiger partial charge is 0.507 e. The number of hydrogen-bond donors (Lipinski definition) is 2. The first-order valence-electron chi connectivity index (χ1n) is 10.7. The normalized spacial score (nSPS) is 11.7. The lowest BCUT2D eigenvalue weighted by molar-refractivity contribution is -0.140. The molecule has 8 heteroatoms. The molecule has 0 unspecified atom stereocenters. The van der Waals surface area contributed by atoms with Gasteiger partial charge in [-0.05, 0) is 17.7 Å². The van der Waals surface area contributed by atoms with Crippen molar-refractivity contribution in [2.24, 2.45) is 0 Å². The number of rotatable bonds is 6. The van der Waals surface area contributed by atoms with Gasteiger partial charge >= 0.3 is 11.9 Å². The summed E-state index contributed by atoms with van der Waals surface area (Å²) in [5, 5.41) is 21.2. The molecule has 0 aliphatic carbocycles. The van der Waals surface area contributed by atoms with Gasteiger partial charge in [-0.1, -0.05) is 42.5 Å². The van der Waals surface area contributed by atoms with Gasteiger partial charge in [-0.25, -0.2) is 4.79 Å². The summed E-state index contributed by atoms with van der Waals surface area (Å²) in [6, 6.07) is 17.5. The highest BCUT2D eigenvalue weighted by Crippen LogP contribution is 2.43. The van der Waals surface area contributed by atoms with E-state index in [0.29, 0.717) is 16.7 Å². The lowest BCUT2D eigenvalue weighted by atomic mass is 9.86. The second-order valence-corrected chi connectivity index (χ2v) is 7.82. The maximum atomic E-state index is 13.0. The van der Waals surface area contributed by atoms with Crippen molar-refractivity contribution in [2.45, 2.75) is 12.3 Å². The Labute approximate surface area is 200 Å². The van der Waals surface area contributed by atoms with Gasteiger partial charge in [-0.15, -0.1) is 0 Å². The number of methoxy groups -OCH3 is 2. The zero-order valence-electron chi connectivity index (χ0n) is 19.0. The second kappa shape index (κ2) is 9.72. The number of fused-ring (bicyclic) bond motifs is 1. The van der Waals surface area contributed by atoms with Crippen LogP contribution in [-0.4, -0.2) is 36.4 Å². The summed E-state index contributed by atoms with van der Waals surface area (Å²) >= 11 is 0. The molecule has 0 bridgehead atoms. The monoisotopic (exact) mass is 474 g/mol. The predicted molar refractivity (Wildman–Crippen MR) is 128 cm³/mol. The SMILES string of the molecule is COC(=O)C[C@@H](c1ccc(C(=O)OC)cc1)c1c(O)cc(O)c2c(=O)cc(-c3ccccc3)oc12. The van der Waals surface area contributed by atoms with Crippen molar-refractivity contribution in [1.82, 2.24) is 0 Å².